The van der Waals surface area contributed by atoms with E-state index in [1.54, 1.807) is 0 Å². The van der Waals surface area contributed by atoms with E-state index in [9.17, 15) is 0 Å². The number of rotatable bonds is 8. The minimum Gasteiger partial charge on any atom is -0.490 e. The lowest BCUT2D eigenvalue weighted by Gasteiger charge is -2.13. The molecule has 1 N–H and O–H groups in total. The lowest BCUT2D eigenvalue weighted by molar-refractivity contribution is 0.306. The Kier molecular flexibility index (Phi) is 8.73. The maximum atomic E-state index is 6.06. The smallest absolute Gasteiger partial charge is 0.159 e. The number of unbranched alkanes of at least 4 members (excludes halogenated alkanes) is 1. The predicted octanol–water partition coefficient (Wildman–Crippen LogP) is 6.11. The van der Waals surface area contributed by atoms with E-state index in [0.29, 0.717) is 6.61 Å². The molecule has 0 amide bonds. The molecule has 0 heterocycles. The Morgan fingerprint density at radius 2 is 1.35 bits per heavy atom. The van der Waals surface area contributed by atoms with Crippen LogP contribution in [0.4, 0.5) is 0 Å². The predicted molar refractivity (Wildman–Crippen MR) is 89.4 cm³/mol. The fourth-order valence-corrected chi connectivity index (χ4v) is 2.77. The van der Waals surface area contributed by atoms with Crippen LogP contribution >= 0.6 is 58.0 Å². The first-order valence-corrected chi connectivity index (χ1v) is 8.24. The van der Waals surface area contributed by atoms with Crippen LogP contribution in [0.5, 0.6) is 5.75 Å². The molecule has 7 heteroatoms. The quantitative estimate of drug-likeness (QED) is 0.334. The molecule has 1 aromatic rings. The van der Waals surface area contributed by atoms with Crippen molar-refractivity contribution >= 4 is 58.0 Å². The Balaban J connectivity index is 2.52. The normalized spacial score (nSPS) is 10.9. The van der Waals surface area contributed by atoms with Crippen molar-refractivity contribution in [3.63, 3.8) is 0 Å². The van der Waals surface area contributed by atoms with Gasteiger partial charge in [-0.3, -0.25) is 0 Å². The number of nitrogens with one attached hydrogen (secondary N) is 1. The van der Waals surface area contributed by atoms with Gasteiger partial charge < -0.3 is 10.1 Å². The molecular weight excluding hydrogens is 363 g/mol. The molecule has 1 rings (SSSR count). The van der Waals surface area contributed by atoms with Crippen LogP contribution in [0.2, 0.25) is 25.1 Å². The number of ether oxygens (including phenoxy) is 1. The number of halogens is 5. The van der Waals surface area contributed by atoms with Crippen molar-refractivity contribution in [1.29, 1.82) is 0 Å². The zero-order chi connectivity index (χ0) is 15.1. The Morgan fingerprint density at radius 1 is 0.800 bits per heavy atom. The average molecular weight is 380 g/mol. The molecule has 2 nitrogen and oxygen atoms in total. The van der Waals surface area contributed by atoms with Gasteiger partial charge in [0.25, 0.3) is 0 Å². The van der Waals surface area contributed by atoms with E-state index in [2.05, 4.69) is 12.2 Å². The Bertz CT molecular complexity index is 424. The van der Waals surface area contributed by atoms with Gasteiger partial charge in [-0.15, -0.1) is 0 Å². The van der Waals surface area contributed by atoms with E-state index >= 15 is 0 Å². The van der Waals surface area contributed by atoms with Crippen molar-refractivity contribution < 1.29 is 4.74 Å². The van der Waals surface area contributed by atoms with Crippen LogP contribution in [-0.2, 0) is 0 Å². The van der Waals surface area contributed by atoms with Crippen LogP contribution in [0, 0.1) is 0 Å². The fourth-order valence-electron chi connectivity index (χ4n) is 1.54. The van der Waals surface area contributed by atoms with Crippen LogP contribution in [-0.4, -0.2) is 19.7 Å². The van der Waals surface area contributed by atoms with Gasteiger partial charge in [0, 0.05) is 0 Å². The summed E-state index contributed by atoms with van der Waals surface area (Å²) in [7, 11) is 0. The first-order chi connectivity index (χ1) is 9.50. The molecule has 0 atom stereocenters. The molecule has 0 spiro atoms. The van der Waals surface area contributed by atoms with E-state index in [4.69, 9.17) is 62.7 Å². The van der Waals surface area contributed by atoms with Crippen molar-refractivity contribution in [3.8, 4) is 5.75 Å². The van der Waals surface area contributed by atoms with Crippen molar-refractivity contribution in [1.82, 2.24) is 5.32 Å². The molecule has 0 fully saturated rings. The largest absolute Gasteiger partial charge is 0.490 e. The van der Waals surface area contributed by atoms with Gasteiger partial charge >= 0.3 is 0 Å². The third-order valence-corrected chi connectivity index (χ3v) is 4.83. The van der Waals surface area contributed by atoms with Gasteiger partial charge in [-0.2, -0.15) is 0 Å². The fraction of sp³-hybridized carbons (Fsp3) is 0.538. The first-order valence-electron chi connectivity index (χ1n) is 6.35. The Labute approximate surface area is 144 Å². The van der Waals surface area contributed by atoms with Crippen molar-refractivity contribution in [2.45, 2.75) is 26.2 Å². The molecule has 114 valence electrons. The highest BCUT2D eigenvalue weighted by molar-refractivity contribution is 6.55. The Hall–Kier alpha value is 0.430. The van der Waals surface area contributed by atoms with Crippen molar-refractivity contribution in [3.05, 3.63) is 25.1 Å². The van der Waals surface area contributed by atoms with Crippen LogP contribution in [0.3, 0.4) is 0 Å². The molecule has 0 saturated heterocycles. The zero-order valence-electron chi connectivity index (χ0n) is 11.0. The maximum Gasteiger partial charge on any atom is 0.159 e. The van der Waals surface area contributed by atoms with E-state index < -0.39 is 0 Å². The Morgan fingerprint density at radius 3 is 1.90 bits per heavy atom. The standard InChI is InChI=1S/C13H16Cl5NO/c1-2-5-19-6-3-4-7-20-13-11(17)9(15)8(14)10(16)12(13)18/h19H,2-7H2,1H3. The van der Waals surface area contributed by atoms with E-state index in [-0.39, 0.29) is 30.9 Å². The summed E-state index contributed by atoms with van der Waals surface area (Å²) in [6, 6.07) is 0. The van der Waals surface area contributed by atoms with Gasteiger partial charge in [-0.25, -0.2) is 0 Å². The SMILES string of the molecule is CCCNCCCCOc1c(Cl)c(Cl)c(Cl)c(Cl)c1Cl. The summed E-state index contributed by atoms with van der Waals surface area (Å²) in [6.45, 7) is 4.61. The second-order valence-corrected chi connectivity index (χ2v) is 6.09. The number of hydrogen-bond donors (Lipinski definition) is 1. The third-order valence-electron chi connectivity index (χ3n) is 2.59. The minimum atomic E-state index is 0.138. The minimum absolute atomic E-state index is 0.138. The molecule has 0 radical (unpaired) electrons. The second kappa shape index (κ2) is 9.45. The maximum absolute atomic E-state index is 6.06. The highest BCUT2D eigenvalue weighted by atomic mass is 35.5. The molecule has 0 saturated carbocycles. The molecule has 0 unspecified atom stereocenters. The molecule has 0 aliphatic heterocycles. The number of hydrogen-bond acceptors (Lipinski definition) is 2. The van der Waals surface area contributed by atoms with Gasteiger partial charge in [0.15, 0.2) is 5.75 Å². The van der Waals surface area contributed by atoms with Gasteiger partial charge in [-0.1, -0.05) is 64.9 Å². The lowest BCUT2D eigenvalue weighted by Crippen LogP contribution is -2.16. The van der Waals surface area contributed by atoms with E-state index in [1.807, 2.05) is 0 Å². The van der Waals surface area contributed by atoms with Gasteiger partial charge in [0.2, 0.25) is 0 Å². The molecule has 0 aliphatic rings. The molecule has 20 heavy (non-hydrogen) atoms. The molecule has 0 aromatic heterocycles. The van der Waals surface area contributed by atoms with E-state index in [0.717, 1.165) is 32.4 Å². The zero-order valence-corrected chi connectivity index (χ0v) is 14.8. The number of benzene rings is 1. The average Bonchev–Trinajstić information content (AvgIpc) is 2.45. The van der Waals surface area contributed by atoms with Crippen molar-refractivity contribution in [2.75, 3.05) is 19.7 Å². The van der Waals surface area contributed by atoms with Crippen LogP contribution < -0.4 is 10.1 Å². The monoisotopic (exact) mass is 377 g/mol. The summed E-state index contributed by atoms with van der Waals surface area (Å²) >= 11 is 29.9. The molecule has 1 aromatic carbocycles. The van der Waals surface area contributed by atoms with Gasteiger partial charge in [-0.05, 0) is 32.4 Å². The summed E-state index contributed by atoms with van der Waals surface area (Å²) in [4.78, 5) is 0. The van der Waals surface area contributed by atoms with Gasteiger partial charge in [0.1, 0.15) is 10.0 Å². The molecular formula is C13H16Cl5NO. The third kappa shape index (κ3) is 5.01. The van der Waals surface area contributed by atoms with Crippen LogP contribution in [0.1, 0.15) is 26.2 Å². The first kappa shape index (κ1) is 18.5. The second-order valence-electron chi connectivity index (χ2n) is 4.20. The molecule has 0 aliphatic carbocycles. The van der Waals surface area contributed by atoms with Gasteiger partial charge in [0.05, 0.1) is 21.7 Å². The van der Waals surface area contributed by atoms with E-state index in [1.165, 1.54) is 0 Å². The van der Waals surface area contributed by atoms with Crippen LogP contribution in [0.15, 0.2) is 0 Å². The summed E-state index contributed by atoms with van der Waals surface area (Å²) in [5.41, 5.74) is 0. The van der Waals surface area contributed by atoms with Crippen LogP contribution in [0.25, 0.3) is 0 Å². The highest BCUT2D eigenvalue weighted by Gasteiger charge is 2.20. The lowest BCUT2D eigenvalue weighted by atomic mass is 10.3. The summed E-state index contributed by atoms with van der Waals surface area (Å²) in [5, 5.41) is 4.14. The van der Waals surface area contributed by atoms with Crippen molar-refractivity contribution in [2.24, 2.45) is 0 Å². The topological polar surface area (TPSA) is 21.3 Å². The summed E-state index contributed by atoms with van der Waals surface area (Å²) in [6.07, 6.45) is 3.01. The highest BCUT2D eigenvalue weighted by Crippen LogP contribution is 2.48. The molecule has 0 bridgehead atoms. The summed E-state index contributed by atoms with van der Waals surface area (Å²) in [5.74, 6) is 0.286. The summed E-state index contributed by atoms with van der Waals surface area (Å²) < 4.78 is 5.57.